The van der Waals surface area contributed by atoms with Crippen molar-refractivity contribution in [2.45, 2.75) is 44.6 Å². The average molecular weight is 294 g/mol. The van der Waals surface area contributed by atoms with Gasteiger partial charge in [0.15, 0.2) is 0 Å². The lowest BCUT2D eigenvalue weighted by atomic mass is 9.95. The predicted molar refractivity (Wildman–Crippen MR) is 82.1 cm³/mol. The molecule has 116 valence electrons. The van der Waals surface area contributed by atoms with Gasteiger partial charge in [0.2, 0.25) is 0 Å². The lowest BCUT2D eigenvalue weighted by molar-refractivity contribution is 0.147. The molecule has 0 saturated heterocycles. The fourth-order valence-corrected chi connectivity index (χ4v) is 2.69. The molecular weight excluding hydrogens is 272 g/mol. The quantitative estimate of drug-likeness (QED) is 0.693. The summed E-state index contributed by atoms with van der Waals surface area (Å²) < 4.78 is 30.8. The van der Waals surface area contributed by atoms with Gasteiger partial charge in [-0.3, -0.25) is 0 Å². The molecule has 1 aliphatic rings. The summed E-state index contributed by atoms with van der Waals surface area (Å²) in [5.74, 6) is 0.231. The molecule has 1 aromatic carbocycles. The summed E-state index contributed by atoms with van der Waals surface area (Å²) in [6.07, 6.45) is 7.49. The van der Waals surface area contributed by atoms with Crippen molar-refractivity contribution < 1.29 is 13.5 Å². The van der Waals surface area contributed by atoms with Crippen molar-refractivity contribution in [3.63, 3.8) is 0 Å². The fraction of sp³-hybridized carbons (Fsp3) is 0.529. The Morgan fingerprint density at radius 2 is 2.05 bits per heavy atom. The number of methoxy groups -OCH3 is 1. The molecule has 0 amide bonds. The van der Waals surface area contributed by atoms with Crippen molar-refractivity contribution in [3.8, 4) is 5.75 Å². The fourth-order valence-electron chi connectivity index (χ4n) is 2.69. The van der Waals surface area contributed by atoms with Crippen LogP contribution in [0.2, 0.25) is 0 Å². The number of nitrogens with zero attached hydrogens (tertiary/aromatic N) is 1. The summed E-state index contributed by atoms with van der Waals surface area (Å²) in [5, 5.41) is 4.63. The normalized spacial score (nSPS) is 16.8. The van der Waals surface area contributed by atoms with E-state index in [9.17, 15) is 8.78 Å². The standard InChI is InChI=1S/C17H22F2NO/c1-21-16-10-9-13(12-15(16)17(18)19)6-5-11-20-14-7-3-2-4-8-14/h5-6,9-10,12,14,17H,2-4,7-8,11H2,1H3/q-1. The van der Waals surface area contributed by atoms with Gasteiger partial charge >= 0.3 is 0 Å². The zero-order valence-electron chi connectivity index (χ0n) is 12.4. The molecule has 0 radical (unpaired) electrons. The van der Waals surface area contributed by atoms with Crippen molar-refractivity contribution >= 4 is 6.08 Å². The van der Waals surface area contributed by atoms with Crippen molar-refractivity contribution in [3.05, 3.63) is 40.7 Å². The van der Waals surface area contributed by atoms with Crippen molar-refractivity contribution in [2.24, 2.45) is 0 Å². The molecule has 21 heavy (non-hydrogen) atoms. The van der Waals surface area contributed by atoms with Crippen LogP contribution >= 0.6 is 0 Å². The van der Waals surface area contributed by atoms with Gasteiger partial charge in [0, 0.05) is 0 Å². The second-order valence-corrected chi connectivity index (χ2v) is 5.36. The highest BCUT2D eigenvalue weighted by Gasteiger charge is 2.13. The van der Waals surface area contributed by atoms with Gasteiger partial charge in [-0.25, -0.2) is 8.78 Å². The number of rotatable bonds is 6. The summed E-state index contributed by atoms with van der Waals surface area (Å²) in [5.41, 5.74) is 0.689. The van der Waals surface area contributed by atoms with E-state index >= 15 is 0 Å². The van der Waals surface area contributed by atoms with Crippen LogP contribution in [-0.2, 0) is 0 Å². The van der Waals surface area contributed by atoms with E-state index in [1.165, 1.54) is 45.3 Å². The molecule has 0 spiro atoms. The van der Waals surface area contributed by atoms with E-state index in [-0.39, 0.29) is 11.3 Å². The largest absolute Gasteiger partial charge is 0.656 e. The van der Waals surface area contributed by atoms with Gasteiger partial charge in [0.1, 0.15) is 5.75 Å². The molecule has 2 rings (SSSR count). The lowest BCUT2D eigenvalue weighted by Crippen LogP contribution is -2.11. The second-order valence-electron chi connectivity index (χ2n) is 5.36. The van der Waals surface area contributed by atoms with Gasteiger partial charge in [-0.1, -0.05) is 44.2 Å². The summed E-state index contributed by atoms with van der Waals surface area (Å²) in [7, 11) is 1.40. The van der Waals surface area contributed by atoms with Crippen molar-refractivity contribution in [2.75, 3.05) is 13.7 Å². The molecule has 0 aromatic heterocycles. The number of halogens is 2. The summed E-state index contributed by atoms with van der Waals surface area (Å²) >= 11 is 0. The monoisotopic (exact) mass is 294 g/mol. The Bertz CT molecular complexity index is 468. The Hall–Kier alpha value is -1.42. The lowest BCUT2D eigenvalue weighted by Gasteiger charge is -2.34. The third-order valence-corrected chi connectivity index (χ3v) is 3.84. The molecule has 1 aromatic rings. The third-order valence-electron chi connectivity index (χ3n) is 3.84. The van der Waals surface area contributed by atoms with Crippen LogP contribution in [0, 0.1) is 0 Å². The van der Waals surface area contributed by atoms with E-state index in [0.29, 0.717) is 12.6 Å². The van der Waals surface area contributed by atoms with Crippen LogP contribution in [0.4, 0.5) is 8.78 Å². The third kappa shape index (κ3) is 4.81. The molecule has 0 N–H and O–H groups in total. The minimum Gasteiger partial charge on any atom is -0.656 e. The Morgan fingerprint density at radius 1 is 1.29 bits per heavy atom. The molecule has 0 aliphatic heterocycles. The van der Waals surface area contributed by atoms with E-state index in [0.717, 1.165) is 5.56 Å². The first-order valence-corrected chi connectivity index (χ1v) is 7.50. The van der Waals surface area contributed by atoms with Crippen LogP contribution in [0.25, 0.3) is 11.4 Å². The number of alkyl halides is 2. The predicted octanol–water partition coefficient (Wildman–Crippen LogP) is 5.35. The molecule has 0 heterocycles. The number of ether oxygens (including phenoxy) is 1. The molecule has 0 unspecified atom stereocenters. The number of benzene rings is 1. The first kappa shape index (κ1) is 16.0. The van der Waals surface area contributed by atoms with E-state index < -0.39 is 6.43 Å². The minimum atomic E-state index is -2.53. The maximum Gasteiger partial charge on any atom is 0.267 e. The van der Waals surface area contributed by atoms with Gasteiger partial charge in [-0.2, -0.15) is 0 Å². The van der Waals surface area contributed by atoms with Gasteiger partial charge in [0.25, 0.3) is 6.43 Å². The zero-order valence-corrected chi connectivity index (χ0v) is 12.4. The summed E-state index contributed by atoms with van der Waals surface area (Å²) in [6.45, 7) is 0.653. The van der Waals surface area contributed by atoms with Crippen LogP contribution in [-0.4, -0.2) is 19.7 Å². The molecule has 2 nitrogen and oxygen atoms in total. The maximum atomic E-state index is 12.9. The van der Waals surface area contributed by atoms with Crippen LogP contribution in [0.1, 0.15) is 49.7 Å². The van der Waals surface area contributed by atoms with Gasteiger partial charge in [0.05, 0.1) is 12.7 Å². The summed E-state index contributed by atoms with van der Waals surface area (Å²) in [6, 6.07) is 5.32. The Balaban J connectivity index is 1.89. The minimum absolute atomic E-state index is 0.0659. The second kappa shape index (κ2) is 8.13. The van der Waals surface area contributed by atoms with Gasteiger partial charge < -0.3 is 10.1 Å². The van der Waals surface area contributed by atoms with Crippen molar-refractivity contribution in [1.29, 1.82) is 0 Å². The Kier molecular flexibility index (Phi) is 6.18. The summed E-state index contributed by atoms with van der Waals surface area (Å²) in [4.78, 5) is 0. The topological polar surface area (TPSA) is 23.3 Å². The molecule has 0 atom stereocenters. The molecule has 1 saturated carbocycles. The molecule has 0 bridgehead atoms. The van der Waals surface area contributed by atoms with Gasteiger partial charge in [-0.05, 0) is 17.7 Å². The average Bonchev–Trinajstić information content (AvgIpc) is 2.52. The maximum absolute atomic E-state index is 12.9. The van der Waals surface area contributed by atoms with Crippen LogP contribution in [0.15, 0.2) is 24.3 Å². The number of hydrogen-bond acceptors (Lipinski definition) is 1. The molecular formula is C17H22F2NO-. The van der Waals surface area contributed by atoms with Crippen LogP contribution < -0.4 is 4.74 Å². The van der Waals surface area contributed by atoms with E-state index in [1.54, 1.807) is 12.1 Å². The van der Waals surface area contributed by atoms with Crippen LogP contribution in [0.5, 0.6) is 5.75 Å². The SMILES string of the molecule is COc1ccc(C=CC[N-]C2CCCCC2)cc1C(F)F. The highest BCUT2D eigenvalue weighted by Crippen LogP contribution is 2.30. The number of hydrogen-bond donors (Lipinski definition) is 0. The van der Waals surface area contributed by atoms with Crippen molar-refractivity contribution in [1.82, 2.24) is 0 Å². The Labute approximate surface area is 125 Å². The highest BCUT2D eigenvalue weighted by molar-refractivity contribution is 5.54. The highest BCUT2D eigenvalue weighted by atomic mass is 19.3. The van der Waals surface area contributed by atoms with Gasteiger partial charge in [-0.15, -0.1) is 18.7 Å². The Morgan fingerprint density at radius 3 is 2.71 bits per heavy atom. The van der Waals surface area contributed by atoms with E-state index in [2.05, 4.69) is 5.32 Å². The van der Waals surface area contributed by atoms with Crippen LogP contribution in [0.3, 0.4) is 0 Å². The zero-order chi connectivity index (χ0) is 15.1. The molecule has 4 heteroatoms. The first-order valence-electron chi connectivity index (χ1n) is 7.50. The molecule has 1 aliphatic carbocycles. The van der Waals surface area contributed by atoms with E-state index in [1.807, 2.05) is 12.2 Å². The van der Waals surface area contributed by atoms with E-state index in [4.69, 9.17) is 4.74 Å². The smallest absolute Gasteiger partial charge is 0.267 e. The first-order chi connectivity index (χ1) is 10.2. The molecule has 1 fully saturated rings.